The van der Waals surface area contributed by atoms with E-state index in [0.717, 1.165) is 6.42 Å². The molecule has 1 aromatic rings. The molecule has 0 saturated heterocycles. The summed E-state index contributed by atoms with van der Waals surface area (Å²) in [6.45, 7) is -1.21. The Morgan fingerprint density at radius 2 is 1.69 bits per heavy atom. The molecule has 2 rings (SSSR count). The number of aliphatic carboxylic acids is 1. The number of aliphatic hydroxyl groups excluding tert-OH is 6. The highest BCUT2D eigenvalue weighted by atomic mass is 16.4. The molecule has 1 aromatic carbocycles. The summed E-state index contributed by atoms with van der Waals surface area (Å²) in [5.74, 6) is -1.08. The van der Waals surface area contributed by atoms with Crippen molar-refractivity contribution >= 4 is 5.97 Å². The lowest BCUT2D eigenvalue weighted by Gasteiger charge is -2.20. The van der Waals surface area contributed by atoms with Gasteiger partial charge in [-0.3, -0.25) is 4.79 Å². The van der Waals surface area contributed by atoms with E-state index in [1.807, 2.05) is 48.6 Å². The van der Waals surface area contributed by atoms with Crippen LogP contribution in [0.3, 0.4) is 0 Å². The molecule has 0 heterocycles. The van der Waals surface area contributed by atoms with Crippen molar-refractivity contribution in [1.82, 2.24) is 0 Å². The van der Waals surface area contributed by atoms with Crippen LogP contribution in [0, 0.1) is 11.8 Å². The summed E-state index contributed by atoms with van der Waals surface area (Å²) in [5.41, 5.74) is 5.12. The largest absolute Gasteiger partial charge is 0.481 e. The Kier molecular flexibility index (Phi) is 15.4. The van der Waals surface area contributed by atoms with Crippen molar-refractivity contribution < 1.29 is 40.5 Å². The van der Waals surface area contributed by atoms with E-state index >= 15 is 0 Å². The molecule has 0 radical (unpaired) electrons. The quantitative estimate of drug-likeness (QED) is 0.132. The predicted molar refractivity (Wildman–Crippen MR) is 137 cm³/mol. The van der Waals surface area contributed by atoms with Crippen LogP contribution < -0.4 is 5.73 Å². The minimum Gasteiger partial charge on any atom is -0.481 e. The topological polar surface area (TPSA) is 185 Å². The zero-order valence-corrected chi connectivity index (χ0v) is 20.8. The maximum absolute atomic E-state index is 10.5. The fourth-order valence-corrected chi connectivity index (χ4v) is 3.91. The summed E-state index contributed by atoms with van der Waals surface area (Å²) in [7, 11) is 0. The Morgan fingerprint density at radius 1 is 1.06 bits per heavy atom. The zero-order chi connectivity index (χ0) is 27.0. The molecular formula is C27H43NO8. The molecule has 1 fully saturated rings. The molecule has 36 heavy (non-hydrogen) atoms. The summed E-state index contributed by atoms with van der Waals surface area (Å²) in [6, 6.07) is 9.99. The minimum absolute atomic E-state index is 0.0942. The highest BCUT2D eigenvalue weighted by Gasteiger charge is 2.39. The average molecular weight is 510 g/mol. The Balaban J connectivity index is 0.000000697. The number of unbranched alkanes of at least 4 members (excludes halogenated alkanes) is 1. The molecule has 204 valence electrons. The zero-order valence-electron chi connectivity index (χ0n) is 20.8. The molecule has 1 aliphatic carbocycles. The molecule has 0 bridgehead atoms. The Morgan fingerprint density at radius 3 is 2.25 bits per heavy atom. The first-order valence-electron chi connectivity index (χ1n) is 12.4. The summed E-state index contributed by atoms with van der Waals surface area (Å²) < 4.78 is 0. The van der Waals surface area contributed by atoms with Gasteiger partial charge in [-0.1, -0.05) is 54.6 Å². The number of aliphatic hydroxyl groups is 6. The number of aryl methyl sites for hydroxylation is 1. The summed E-state index contributed by atoms with van der Waals surface area (Å²) in [6.07, 6.45) is 9.51. The van der Waals surface area contributed by atoms with Crippen molar-refractivity contribution in [2.45, 2.75) is 68.8 Å². The number of nitrogens with two attached hydrogens (primary N) is 1. The first-order chi connectivity index (χ1) is 17.2. The van der Waals surface area contributed by atoms with Gasteiger partial charge in [0.1, 0.15) is 0 Å². The highest BCUT2D eigenvalue weighted by Crippen LogP contribution is 2.36. The number of hydrogen-bond donors (Lipinski definition) is 8. The number of carbonyl (C=O) groups is 1. The predicted octanol–water partition coefficient (Wildman–Crippen LogP) is 0.756. The van der Waals surface area contributed by atoms with E-state index in [9.17, 15) is 20.1 Å². The highest BCUT2D eigenvalue weighted by molar-refractivity contribution is 5.66. The molecule has 9 nitrogen and oxygen atoms in total. The first kappa shape index (κ1) is 31.9. The summed E-state index contributed by atoms with van der Waals surface area (Å²) in [4.78, 5) is 10.5. The van der Waals surface area contributed by atoms with Gasteiger partial charge in [0, 0.05) is 18.8 Å². The third-order valence-electron chi connectivity index (χ3n) is 6.32. The van der Waals surface area contributed by atoms with Crippen LogP contribution in [-0.4, -0.2) is 85.4 Å². The first-order valence-corrected chi connectivity index (χ1v) is 12.4. The Bertz CT molecular complexity index is 773. The Labute approximate surface area is 213 Å². The SMILES string of the molecule is NC(CO)(CO)CO.O=C(O)CCC/C=C\C[C@@H]1[C@@H](/C=C/[C@@H](O)CCc2ccccc2)[C@H](O)C[C@@H]1O. The van der Waals surface area contributed by atoms with E-state index < -0.39 is 49.6 Å². The molecule has 9 heteroatoms. The van der Waals surface area contributed by atoms with Crippen molar-refractivity contribution in [3.05, 3.63) is 60.2 Å². The fraction of sp³-hybridized carbons (Fsp3) is 0.593. The smallest absolute Gasteiger partial charge is 0.303 e. The molecule has 9 N–H and O–H groups in total. The van der Waals surface area contributed by atoms with E-state index in [1.165, 1.54) is 5.56 Å². The van der Waals surface area contributed by atoms with Crippen LogP contribution in [-0.2, 0) is 11.2 Å². The van der Waals surface area contributed by atoms with Crippen LogP contribution in [0.2, 0.25) is 0 Å². The normalized spacial score (nSPS) is 23.1. The van der Waals surface area contributed by atoms with E-state index in [4.69, 9.17) is 26.2 Å². The van der Waals surface area contributed by atoms with E-state index in [2.05, 4.69) is 0 Å². The average Bonchev–Trinajstić information content (AvgIpc) is 3.15. The fourth-order valence-electron chi connectivity index (χ4n) is 3.91. The summed E-state index contributed by atoms with van der Waals surface area (Å²) >= 11 is 0. The molecule has 0 amide bonds. The molecule has 1 aliphatic rings. The lowest BCUT2D eigenvalue weighted by Crippen LogP contribution is -2.50. The molecule has 0 aliphatic heterocycles. The minimum atomic E-state index is -1.21. The van der Waals surface area contributed by atoms with Crippen LogP contribution >= 0.6 is 0 Å². The van der Waals surface area contributed by atoms with Crippen molar-refractivity contribution in [2.75, 3.05) is 19.8 Å². The van der Waals surface area contributed by atoms with Gasteiger partial charge in [-0.25, -0.2) is 0 Å². The van der Waals surface area contributed by atoms with Gasteiger partial charge in [0.2, 0.25) is 0 Å². The van der Waals surface area contributed by atoms with Crippen LogP contribution in [0.15, 0.2) is 54.6 Å². The number of allylic oxidation sites excluding steroid dienone is 2. The van der Waals surface area contributed by atoms with E-state index in [1.54, 1.807) is 6.08 Å². The molecule has 1 saturated carbocycles. The number of hydrogen-bond acceptors (Lipinski definition) is 8. The monoisotopic (exact) mass is 509 g/mol. The van der Waals surface area contributed by atoms with Gasteiger partial charge in [-0.15, -0.1) is 0 Å². The van der Waals surface area contributed by atoms with Gasteiger partial charge in [-0.05, 0) is 43.6 Å². The molecule has 5 atom stereocenters. The lowest BCUT2D eigenvalue weighted by molar-refractivity contribution is -0.137. The molecule has 0 unspecified atom stereocenters. The van der Waals surface area contributed by atoms with Crippen LogP contribution in [0.1, 0.15) is 44.1 Å². The van der Waals surface area contributed by atoms with Crippen molar-refractivity contribution in [1.29, 1.82) is 0 Å². The van der Waals surface area contributed by atoms with Gasteiger partial charge in [-0.2, -0.15) is 0 Å². The molecule has 0 aromatic heterocycles. The van der Waals surface area contributed by atoms with Crippen molar-refractivity contribution in [3.8, 4) is 0 Å². The van der Waals surface area contributed by atoms with E-state index in [-0.39, 0.29) is 18.3 Å². The van der Waals surface area contributed by atoms with Gasteiger partial charge >= 0.3 is 5.97 Å². The standard InChI is InChI=1S/C23H32O5.C4H11NO3/c24-18(13-12-17-8-4-3-5-9-17)14-15-20-19(21(25)16-22(20)26)10-6-1-2-7-11-23(27)28;5-4(1-6,2-7)3-8/h1,3-6,8-9,14-15,18-22,24-26H,2,7,10-13,16H2,(H,27,28);6-8H,1-3,5H2/b6-1-,15-14+;/t18-,19+,20+,21-,22+;/m0./s1. The van der Waals surface area contributed by atoms with E-state index in [0.29, 0.717) is 32.1 Å². The third kappa shape index (κ3) is 12.2. The number of benzene rings is 1. The third-order valence-corrected chi connectivity index (χ3v) is 6.32. The summed E-state index contributed by atoms with van der Waals surface area (Å²) in [5, 5.41) is 64.4. The number of carboxylic acids is 1. The maximum atomic E-state index is 10.5. The van der Waals surface area contributed by atoms with Gasteiger partial charge in [0.15, 0.2) is 0 Å². The van der Waals surface area contributed by atoms with Crippen LogP contribution in [0.25, 0.3) is 0 Å². The van der Waals surface area contributed by atoms with Gasteiger partial charge in [0.05, 0.1) is 43.7 Å². The number of carboxylic acid groups (broad SMARTS) is 1. The second kappa shape index (κ2) is 17.4. The number of rotatable bonds is 14. The second-order valence-electron chi connectivity index (χ2n) is 9.42. The van der Waals surface area contributed by atoms with Gasteiger partial charge < -0.3 is 41.5 Å². The van der Waals surface area contributed by atoms with Gasteiger partial charge in [0.25, 0.3) is 0 Å². The van der Waals surface area contributed by atoms with Crippen molar-refractivity contribution in [3.63, 3.8) is 0 Å². The second-order valence-corrected chi connectivity index (χ2v) is 9.42. The van der Waals surface area contributed by atoms with Crippen LogP contribution in [0.4, 0.5) is 0 Å². The maximum Gasteiger partial charge on any atom is 0.303 e. The van der Waals surface area contributed by atoms with Crippen molar-refractivity contribution in [2.24, 2.45) is 17.6 Å². The molecular weight excluding hydrogens is 466 g/mol. The lowest BCUT2D eigenvalue weighted by atomic mass is 9.89. The van der Waals surface area contributed by atoms with Crippen LogP contribution in [0.5, 0.6) is 0 Å². The molecule has 0 spiro atoms. The Hall–Kier alpha value is -2.11.